The normalized spacial score (nSPS) is 12.0. The molecule has 0 saturated heterocycles. The van der Waals surface area contributed by atoms with Crippen LogP contribution in [0.2, 0.25) is 5.02 Å². The predicted molar refractivity (Wildman–Crippen MR) is 83.8 cm³/mol. The van der Waals surface area contributed by atoms with Crippen LogP contribution in [0.4, 0.5) is 0 Å². The minimum Gasteiger partial charge on any atom is -0.322 e. The first-order valence-corrected chi connectivity index (χ1v) is 7.27. The van der Waals surface area contributed by atoms with E-state index in [4.69, 9.17) is 11.6 Å². The molecule has 0 aliphatic heterocycles. The number of aromatic nitrogens is 1. The van der Waals surface area contributed by atoms with E-state index in [0.717, 1.165) is 10.9 Å². The molecule has 0 unspecified atom stereocenters. The molecule has 0 aliphatic carbocycles. The maximum atomic E-state index is 11.9. The van der Waals surface area contributed by atoms with Gasteiger partial charge in [0.25, 0.3) is 5.56 Å². The lowest BCUT2D eigenvalue weighted by Crippen LogP contribution is -2.21. The van der Waals surface area contributed by atoms with Crippen molar-refractivity contribution in [1.29, 1.82) is 0 Å². The number of pyridine rings is 1. The van der Waals surface area contributed by atoms with Crippen LogP contribution in [0.25, 0.3) is 10.9 Å². The van der Waals surface area contributed by atoms with E-state index in [-0.39, 0.29) is 10.3 Å². The third kappa shape index (κ3) is 4.00. The molecular formula is C14H17ClN2OS. The van der Waals surface area contributed by atoms with Crippen LogP contribution < -0.4 is 10.3 Å². The summed E-state index contributed by atoms with van der Waals surface area (Å²) in [5, 5.41) is 1.62. The Morgan fingerprint density at radius 2 is 2.05 bits per heavy atom. The van der Waals surface area contributed by atoms with E-state index in [1.54, 1.807) is 18.0 Å². The fraction of sp³-hybridized carbons (Fsp3) is 0.357. The number of benzene rings is 1. The summed E-state index contributed by atoms with van der Waals surface area (Å²) < 4.78 is 3.34. The molecule has 0 saturated carbocycles. The highest BCUT2D eigenvalue weighted by atomic mass is 35.5. The molecule has 0 amide bonds. The van der Waals surface area contributed by atoms with Gasteiger partial charge in [-0.05, 0) is 45.0 Å². The van der Waals surface area contributed by atoms with Crippen LogP contribution in [0.3, 0.4) is 0 Å². The van der Waals surface area contributed by atoms with Gasteiger partial charge in [-0.3, -0.25) is 9.52 Å². The molecule has 102 valence electrons. The summed E-state index contributed by atoms with van der Waals surface area (Å²) in [6.45, 7) is 6.89. The van der Waals surface area contributed by atoms with Gasteiger partial charge in [0.15, 0.2) is 0 Å². The van der Waals surface area contributed by atoms with Crippen molar-refractivity contribution in [3.63, 3.8) is 0 Å². The zero-order chi connectivity index (χ0) is 14.0. The minimum absolute atomic E-state index is 0.0585. The Labute approximate surface area is 121 Å². The summed E-state index contributed by atoms with van der Waals surface area (Å²) >= 11 is 7.58. The topological polar surface area (TPSA) is 44.9 Å². The molecule has 2 aromatic rings. The SMILES string of the molecule is CC(C)(C)SNCc1cc2cc(Cl)ccc2[nH]c1=O. The third-order valence-electron chi connectivity index (χ3n) is 2.52. The number of H-pyrrole nitrogens is 1. The van der Waals surface area contributed by atoms with Gasteiger partial charge in [0.2, 0.25) is 0 Å². The monoisotopic (exact) mass is 296 g/mol. The van der Waals surface area contributed by atoms with Crippen molar-refractivity contribution in [2.45, 2.75) is 32.1 Å². The lowest BCUT2D eigenvalue weighted by Gasteiger charge is -2.17. The number of rotatable bonds is 3. The molecule has 0 bridgehead atoms. The zero-order valence-electron chi connectivity index (χ0n) is 11.2. The summed E-state index contributed by atoms with van der Waals surface area (Å²) in [7, 11) is 0. The molecular weight excluding hydrogens is 280 g/mol. The van der Waals surface area contributed by atoms with E-state index >= 15 is 0 Å². The molecule has 2 N–H and O–H groups in total. The lowest BCUT2D eigenvalue weighted by atomic mass is 10.1. The standard InChI is InChI=1S/C14H17ClN2OS/c1-14(2,3)19-16-8-10-6-9-7-11(15)4-5-12(9)17-13(10)18/h4-7,16H,8H2,1-3H3,(H,17,18). The Balaban J connectivity index is 2.23. The molecule has 0 aliphatic rings. The molecule has 5 heteroatoms. The maximum Gasteiger partial charge on any atom is 0.252 e. The molecule has 1 aromatic carbocycles. The first-order chi connectivity index (χ1) is 8.85. The molecule has 0 radical (unpaired) electrons. The molecule has 0 spiro atoms. The number of hydrogen-bond donors (Lipinski definition) is 2. The highest BCUT2D eigenvalue weighted by Crippen LogP contribution is 2.20. The van der Waals surface area contributed by atoms with Gasteiger partial charge < -0.3 is 4.98 Å². The van der Waals surface area contributed by atoms with Gasteiger partial charge >= 0.3 is 0 Å². The second kappa shape index (κ2) is 5.57. The van der Waals surface area contributed by atoms with Crippen LogP contribution in [-0.2, 0) is 6.54 Å². The lowest BCUT2D eigenvalue weighted by molar-refractivity contribution is 0.786. The Morgan fingerprint density at radius 1 is 1.32 bits per heavy atom. The highest BCUT2D eigenvalue weighted by Gasteiger charge is 2.11. The summed E-state index contributed by atoms with van der Waals surface area (Å²) in [5.41, 5.74) is 1.46. The Morgan fingerprint density at radius 3 is 2.74 bits per heavy atom. The van der Waals surface area contributed by atoms with Gasteiger partial charge in [-0.2, -0.15) is 0 Å². The highest BCUT2D eigenvalue weighted by molar-refractivity contribution is 7.98. The minimum atomic E-state index is -0.0585. The molecule has 1 aromatic heterocycles. The first kappa shape index (κ1) is 14.4. The van der Waals surface area contributed by atoms with Gasteiger partial charge in [-0.15, -0.1) is 0 Å². The molecule has 3 nitrogen and oxygen atoms in total. The van der Waals surface area contributed by atoms with E-state index in [1.807, 2.05) is 18.2 Å². The van der Waals surface area contributed by atoms with Crippen LogP contribution in [-0.4, -0.2) is 9.73 Å². The number of fused-ring (bicyclic) bond motifs is 1. The van der Waals surface area contributed by atoms with E-state index in [9.17, 15) is 4.79 Å². The Kier molecular flexibility index (Phi) is 4.23. The molecule has 2 rings (SSSR count). The molecule has 19 heavy (non-hydrogen) atoms. The molecule has 0 atom stereocenters. The fourth-order valence-electron chi connectivity index (χ4n) is 1.68. The summed E-state index contributed by atoms with van der Waals surface area (Å²) in [4.78, 5) is 14.8. The van der Waals surface area contributed by atoms with Gasteiger partial charge in [-0.1, -0.05) is 23.5 Å². The Bertz CT molecular complexity index is 646. The van der Waals surface area contributed by atoms with Crippen molar-refractivity contribution < 1.29 is 0 Å². The van der Waals surface area contributed by atoms with Crippen molar-refractivity contribution in [3.05, 3.63) is 45.2 Å². The predicted octanol–water partition coefficient (Wildman–Crippen LogP) is 3.72. The average molecular weight is 297 g/mol. The van der Waals surface area contributed by atoms with Crippen molar-refractivity contribution in [2.24, 2.45) is 0 Å². The molecule has 0 fully saturated rings. The van der Waals surface area contributed by atoms with E-state index in [0.29, 0.717) is 17.1 Å². The smallest absolute Gasteiger partial charge is 0.252 e. The maximum absolute atomic E-state index is 11.9. The second-order valence-electron chi connectivity index (χ2n) is 5.39. The third-order valence-corrected chi connectivity index (χ3v) is 3.66. The number of nitrogens with one attached hydrogen (secondary N) is 2. The van der Waals surface area contributed by atoms with Gasteiger partial charge in [0.05, 0.1) is 0 Å². The van der Waals surface area contributed by atoms with Crippen LogP contribution in [0.1, 0.15) is 26.3 Å². The molecule has 1 heterocycles. The largest absolute Gasteiger partial charge is 0.322 e. The quantitative estimate of drug-likeness (QED) is 0.849. The van der Waals surface area contributed by atoms with Crippen LogP contribution in [0.15, 0.2) is 29.1 Å². The van der Waals surface area contributed by atoms with Gasteiger partial charge in [0.1, 0.15) is 0 Å². The van der Waals surface area contributed by atoms with E-state index in [1.165, 1.54) is 0 Å². The van der Waals surface area contributed by atoms with Crippen molar-refractivity contribution in [3.8, 4) is 0 Å². The van der Waals surface area contributed by atoms with Crippen molar-refractivity contribution in [1.82, 2.24) is 9.71 Å². The zero-order valence-corrected chi connectivity index (χ0v) is 12.8. The fourth-order valence-corrected chi connectivity index (χ4v) is 2.53. The number of aromatic amines is 1. The van der Waals surface area contributed by atoms with Crippen LogP contribution in [0.5, 0.6) is 0 Å². The second-order valence-corrected chi connectivity index (χ2v) is 7.54. The average Bonchev–Trinajstić information content (AvgIpc) is 2.29. The summed E-state index contributed by atoms with van der Waals surface area (Å²) in [6, 6.07) is 7.33. The Hall–Kier alpha value is -0.970. The van der Waals surface area contributed by atoms with Crippen molar-refractivity contribution >= 4 is 34.5 Å². The summed E-state index contributed by atoms with van der Waals surface area (Å²) in [6.07, 6.45) is 0. The van der Waals surface area contributed by atoms with Gasteiger partial charge in [-0.25, -0.2) is 0 Å². The van der Waals surface area contributed by atoms with Crippen LogP contribution >= 0.6 is 23.5 Å². The van der Waals surface area contributed by atoms with Crippen LogP contribution in [0, 0.1) is 0 Å². The summed E-state index contributed by atoms with van der Waals surface area (Å²) in [5.74, 6) is 0. The van der Waals surface area contributed by atoms with Gasteiger partial charge in [0, 0.05) is 32.8 Å². The number of halogens is 1. The number of hydrogen-bond acceptors (Lipinski definition) is 3. The van der Waals surface area contributed by atoms with E-state index in [2.05, 4.69) is 30.5 Å². The first-order valence-electron chi connectivity index (χ1n) is 6.07. The van der Waals surface area contributed by atoms with Crippen molar-refractivity contribution in [2.75, 3.05) is 0 Å². The van der Waals surface area contributed by atoms with E-state index < -0.39 is 0 Å².